The largest absolute Gasteiger partial charge is 0.492 e. The van der Waals surface area contributed by atoms with Crippen LogP contribution >= 0.6 is 0 Å². The fraction of sp³-hybridized carbons (Fsp3) is 0.333. The van der Waals surface area contributed by atoms with E-state index in [2.05, 4.69) is 46.5 Å². The van der Waals surface area contributed by atoms with Gasteiger partial charge in [-0.25, -0.2) is 9.50 Å². The SMILES string of the molecule is Cc1ccc2cc1-c1cnn3ccc(nc13)NCCN1CCC=C[C@H]1CO2. The van der Waals surface area contributed by atoms with Crippen LogP contribution < -0.4 is 10.1 Å². The number of anilines is 1. The highest BCUT2D eigenvalue weighted by Crippen LogP contribution is 2.31. The lowest BCUT2D eigenvalue weighted by Gasteiger charge is -2.32. The van der Waals surface area contributed by atoms with E-state index in [1.807, 2.05) is 29.0 Å². The molecule has 0 fully saturated rings. The first-order chi connectivity index (χ1) is 13.3. The summed E-state index contributed by atoms with van der Waals surface area (Å²) in [7, 11) is 0. The first kappa shape index (κ1) is 16.3. The van der Waals surface area contributed by atoms with Gasteiger partial charge >= 0.3 is 0 Å². The first-order valence-electron chi connectivity index (χ1n) is 9.51. The van der Waals surface area contributed by atoms with Crippen LogP contribution in [0.1, 0.15) is 12.0 Å². The van der Waals surface area contributed by atoms with Gasteiger partial charge in [-0.15, -0.1) is 0 Å². The number of aryl methyl sites for hydroxylation is 1. The van der Waals surface area contributed by atoms with E-state index in [0.717, 1.165) is 54.4 Å². The van der Waals surface area contributed by atoms with E-state index in [1.54, 1.807) is 0 Å². The Morgan fingerprint density at radius 2 is 2.15 bits per heavy atom. The van der Waals surface area contributed by atoms with Gasteiger partial charge in [-0.05, 0) is 42.7 Å². The normalized spacial score (nSPS) is 20.0. The van der Waals surface area contributed by atoms with E-state index in [4.69, 9.17) is 9.72 Å². The fourth-order valence-electron chi connectivity index (χ4n) is 3.87. The lowest BCUT2D eigenvalue weighted by Crippen LogP contribution is -2.43. The quantitative estimate of drug-likeness (QED) is 0.624. The number of benzene rings is 1. The van der Waals surface area contributed by atoms with E-state index < -0.39 is 0 Å². The van der Waals surface area contributed by atoms with Crippen LogP contribution in [0, 0.1) is 6.92 Å². The van der Waals surface area contributed by atoms with Crippen LogP contribution in [0.4, 0.5) is 5.82 Å². The molecule has 2 aliphatic heterocycles. The molecule has 0 unspecified atom stereocenters. The molecule has 0 saturated heterocycles. The molecule has 6 heteroatoms. The highest BCUT2D eigenvalue weighted by molar-refractivity contribution is 5.80. The highest BCUT2D eigenvalue weighted by atomic mass is 16.5. The number of fused-ring (bicyclic) bond motifs is 5. The molecule has 3 aromatic rings. The number of rotatable bonds is 0. The molecule has 0 amide bonds. The molecule has 6 nitrogen and oxygen atoms in total. The molecule has 138 valence electrons. The van der Waals surface area contributed by atoms with Crippen LogP contribution in [0.15, 0.2) is 48.8 Å². The number of hydrogen-bond acceptors (Lipinski definition) is 5. The van der Waals surface area contributed by atoms with E-state index in [1.165, 1.54) is 5.56 Å². The number of nitrogens with zero attached hydrogens (tertiary/aromatic N) is 4. The molecule has 1 aromatic carbocycles. The Kier molecular flexibility index (Phi) is 4.05. The van der Waals surface area contributed by atoms with Crippen LogP contribution in [0.2, 0.25) is 0 Å². The number of hydrogen-bond donors (Lipinski definition) is 1. The zero-order valence-corrected chi connectivity index (χ0v) is 15.4. The summed E-state index contributed by atoms with van der Waals surface area (Å²) in [5.74, 6) is 1.77. The van der Waals surface area contributed by atoms with Gasteiger partial charge in [-0.3, -0.25) is 4.90 Å². The van der Waals surface area contributed by atoms with Gasteiger partial charge in [-0.1, -0.05) is 18.2 Å². The van der Waals surface area contributed by atoms with Crippen molar-refractivity contribution in [2.75, 3.05) is 31.6 Å². The standard InChI is InChI=1S/C21H23N5O/c1-15-5-6-17-12-18(15)19-13-23-26-10-7-20(24-21(19)26)22-8-11-25-9-3-2-4-16(25)14-27-17/h2,4-7,10,12-13,16H,3,8-9,11,14H2,1H3,(H,22,24)/t16-/m0/s1. The second-order valence-electron chi connectivity index (χ2n) is 7.17. The van der Waals surface area contributed by atoms with E-state index in [0.29, 0.717) is 12.6 Å². The lowest BCUT2D eigenvalue weighted by atomic mass is 10.0. The van der Waals surface area contributed by atoms with Crippen molar-refractivity contribution in [3.8, 4) is 16.9 Å². The molecular formula is C21H23N5O. The molecule has 27 heavy (non-hydrogen) atoms. The highest BCUT2D eigenvalue weighted by Gasteiger charge is 2.20. The molecular weight excluding hydrogens is 338 g/mol. The Hall–Kier alpha value is -2.86. The Morgan fingerprint density at radius 3 is 3.11 bits per heavy atom. The molecule has 1 atom stereocenters. The van der Waals surface area contributed by atoms with Crippen molar-refractivity contribution in [1.29, 1.82) is 0 Å². The van der Waals surface area contributed by atoms with Crippen LogP contribution in [-0.4, -0.2) is 51.8 Å². The summed E-state index contributed by atoms with van der Waals surface area (Å²) in [6, 6.07) is 8.55. The molecule has 1 N–H and O–H groups in total. The van der Waals surface area contributed by atoms with Crippen molar-refractivity contribution in [3.05, 3.63) is 54.4 Å². The molecule has 0 saturated carbocycles. The van der Waals surface area contributed by atoms with Crippen molar-refractivity contribution in [3.63, 3.8) is 0 Å². The van der Waals surface area contributed by atoms with Gasteiger partial charge in [0.05, 0.1) is 12.2 Å². The number of nitrogens with one attached hydrogen (secondary N) is 1. The summed E-state index contributed by atoms with van der Waals surface area (Å²) in [5, 5.41) is 7.94. The molecule has 0 aliphatic carbocycles. The van der Waals surface area contributed by atoms with Gasteiger partial charge in [0.2, 0.25) is 0 Å². The second-order valence-corrected chi connectivity index (χ2v) is 7.17. The van der Waals surface area contributed by atoms with Crippen LogP contribution in [-0.2, 0) is 0 Å². The Labute approximate surface area is 158 Å². The van der Waals surface area contributed by atoms with Crippen LogP contribution in [0.5, 0.6) is 5.75 Å². The maximum atomic E-state index is 6.18. The predicted octanol–water partition coefficient (Wildman–Crippen LogP) is 3.14. The van der Waals surface area contributed by atoms with Gasteiger partial charge < -0.3 is 10.1 Å². The minimum absolute atomic E-state index is 0.301. The van der Waals surface area contributed by atoms with Crippen LogP contribution in [0.3, 0.4) is 0 Å². The Morgan fingerprint density at radius 1 is 1.19 bits per heavy atom. The summed E-state index contributed by atoms with van der Waals surface area (Å²) >= 11 is 0. The van der Waals surface area contributed by atoms with Crippen molar-refractivity contribution >= 4 is 11.5 Å². The second kappa shape index (κ2) is 6.70. The molecule has 0 radical (unpaired) electrons. The minimum Gasteiger partial charge on any atom is -0.492 e. The average Bonchev–Trinajstić information content (AvgIpc) is 3.11. The molecule has 0 spiro atoms. The zero-order valence-electron chi connectivity index (χ0n) is 15.4. The van der Waals surface area contributed by atoms with Crippen molar-refractivity contribution in [2.24, 2.45) is 0 Å². The van der Waals surface area contributed by atoms with Gasteiger partial charge in [0.25, 0.3) is 0 Å². The summed E-state index contributed by atoms with van der Waals surface area (Å²) in [6.45, 7) is 5.63. The smallest absolute Gasteiger partial charge is 0.165 e. The third-order valence-corrected chi connectivity index (χ3v) is 5.40. The van der Waals surface area contributed by atoms with Crippen molar-refractivity contribution in [1.82, 2.24) is 19.5 Å². The lowest BCUT2D eigenvalue weighted by molar-refractivity contribution is 0.163. The van der Waals surface area contributed by atoms with Gasteiger partial charge in [0.1, 0.15) is 18.2 Å². The summed E-state index contributed by atoms with van der Waals surface area (Å²) in [5.41, 5.74) is 4.18. The van der Waals surface area contributed by atoms with Crippen LogP contribution in [0.25, 0.3) is 16.8 Å². The zero-order chi connectivity index (χ0) is 18.2. The first-order valence-corrected chi connectivity index (χ1v) is 9.51. The molecule has 5 rings (SSSR count). The van der Waals surface area contributed by atoms with Gasteiger partial charge in [0, 0.05) is 31.4 Å². The number of ether oxygens (including phenoxy) is 1. The fourth-order valence-corrected chi connectivity index (χ4v) is 3.87. The molecule has 4 heterocycles. The Balaban J connectivity index is 1.61. The summed E-state index contributed by atoms with van der Waals surface area (Å²) < 4.78 is 8.01. The third kappa shape index (κ3) is 3.06. The monoisotopic (exact) mass is 361 g/mol. The number of aromatic nitrogens is 3. The Bertz CT molecular complexity index is 1010. The topological polar surface area (TPSA) is 54.7 Å². The molecule has 4 bridgehead atoms. The minimum atomic E-state index is 0.301. The van der Waals surface area contributed by atoms with Gasteiger partial charge in [0.15, 0.2) is 5.65 Å². The van der Waals surface area contributed by atoms with Gasteiger partial charge in [-0.2, -0.15) is 5.10 Å². The average molecular weight is 361 g/mol. The maximum Gasteiger partial charge on any atom is 0.165 e. The third-order valence-electron chi connectivity index (χ3n) is 5.40. The van der Waals surface area contributed by atoms with E-state index >= 15 is 0 Å². The predicted molar refractivity (Wildman–Crippen MR) is 106 cm³/mol. The maximum absolute atomic E-state index is 6.18. The van der Waals surface area contributed by atoms with Crippen molar-refractivity contribution in [2.45, 2.75) is 19.4 Å². The summed E-state index contributed by atoms with van der Waals surface area (Å²) in [6.07, 6.45) is 9.47. The van der Waals surface area contributed by atoms with E-state index in [9.17, 15) is 0 Å². The molecule has 2 aliphatic rings. The summed E-state index contributed by atoms with van der Waals surface area (Å²) in [4.78, 5) is 7.29. The molecule has 2 aromatic heterocycles. The van der Waals surface area contributed by atoms with Crippen molar-refractivity contribution < 1.29 is 4.74 Å². The van der Waals surface area contributed by atoms with E-state index in [-0.39, 0.29) is 0 Å².